The van der Waals surface area contributed by atoms with Crippen LogP contribution in [-0.2, 0) is 40.0 Å². The van der Waals surface area contributed by atoms with Crippen LogP contribution < -0.4 is 21.3 Å². The van der Waals surface area contributed by atoms with E-state index in [0.717, 1.165) is 5.56 Å². The fourth-order valence-electron chi connectivity index (χ4n) is 5.50. The largest absolute Gasteiger partial charge is 0.508 e. The van der Waals surface area contributed by atoms with Crippen LogP contribution in [0.3, 0.4) is 0 Å². The van der Waals surface area contributed by atoms with Crippen molar-refractivity contribution < 1.29 is 38.7 Å². The van der Waals surface area contributed by atoms with Gasteiger partial charge in [0.2, 0.25) is 23.6 Å². The lowest BCUT2D eigenvalue weighted by atomic mass is 9.88. The quantitative estimate of drug-likeness (QED) is 0.163. The molecule has 0 unspecified atom stereocenters. The second kappa shape index (κ2) is 15.3. The van der Waals surface area contributed by atoms with Crippen LogP contribution in [-0.4, -0.2) is 87.9 Å². The average Bonchev–Trinajstić information content (AvgIpc) is 3.55. The Morgan fingerprint density at radius 3 is 2.43 bits per heavy atom. The van der Waals surface area contributed by atoms with Gasteiger partial charge in [-0.1, -0.05) is 42.5 Å². The number of ketones is 2. The van der Waals surface area contributed by atoms with Crippen molar-refractivity contribution in [1.82, 2.24) is 26.2 Å². The standard InChI is InChI=1S/C34H39N5O8/c1-21(36-33(47)34(2)28(42)15-17-30(44)38-34)32(46)39-18-6-9-26(39)31(45)37-25(19-23-7-4-3-5-8-23)27(41)20-35-29(43)16-12-22-10-13-24(40)14-11-22/h3-5,7-8,10-14,16,21,25-26,40H,6,9,15,17-20H2,1-2H3,(H,35,43)(H,36,47)(H,37,45)(H,38,44)/t21-,25-,26-,34+/m0/s1. The maximum Gasteiger partial charge on any atom is 0.253 e. The molecule has 2 aromatic rings. The number of likely N-dealkylation sites (tertiary alicyclic amines) is 1. The number of Topliss-reactive ketones (excluding diaryl/α,β-unsaturated/α-hetero) is 2. The first kappa shape index (κ1) is 34.5. The van der Waals surface area contributed by atoms with E-state index in [0.29, 0.717) is 18.4 Å². The van der Waals surface area contributed by atoms with Crippen LogP contribution in [0, 0.1) is 0 Å². The van der Waals surface area contributed by atoms with Crippen LogP contribution in [0.25, 0.3) is 6.08 Å². The monoisotopic (exact) mass is 645 g/mol. The number of nitrogens with zero attached hydrogens (tertiary/aromatic N) is 1. The van der Waals surface area contributed by atoms with Crippen molar-refractivity contribution in [2.75, 3.05) is 13.1 Å². The summed E-state index contributed by atoms with van der Waals surface area (Å²) in [5.41, 5.74) is -0.349. The van der Waals surface area contributed by atoms with Crippen LogP contribution in [0.2, 0.25) is 0 Å². The van der Waals surface area contributed by atoms with Gasteiger partial charge in [-0.05, 0) is 62.4 Å². The zero-order valence-corrected chi connectivity index (χ0v) is 26.3. The summed E-state index contributed by atoms with van der Waals surface area (Å²) in [5, 5.41) is 19.6. The molecule has 0 spiro atoms. The van der Waals surface area contributed by atoms with Gasteiger partial charge in [0.1, 0.15) is 17.8 Å². The predicted molar refractivity (Wildman–Crippen MR) is 170 cm³/mol. The molecule has 4 atom stereocenters. The lowest BCUT2D eigenvalue weighted by Crippen LogP contribution is -2.66. The van der Waals surface area contributed by atoms with E-state index in [2.05, 4.69) is 21.3 Å². The maximum absolute atomic E-state index is 13.6. The Bertz CT molecular complexity index is 1560. The van der Waals surface area contributed by atoms with Crippen molar-refractivity contribution >= 4 is 47.2 Å². The number of aromatic hydroxyl groups is 1. The third kappa shape index (κ3) is 8.90. The molecule has 0 bridgehead atoms. The number of hydrogen-bond donors (Lipinski definition) is 5. The summed E-state index contributed by atoms with van der Waals surface area (Å²) in [6.45, 7) is 2.61. The number of piperidine rings is 1. The van der Waals surface area contributed by atoms with Crippen molar-refractivity contribution in [1.29, 1.82) is 0 Å². The molecule has 248 valence electrons. The van der Waals surface area contributed by atoms with Crippen molar-refractivity contribution in [3.63, 3.8) is 0 Å². The van der Waals surface area contributed by atoms with Gasteiger partial charge in [-0.3, -0.25) is 33.6 Å². The molecule has 13 nitrogen and oxygen atoms in total. The molecule has 5 amide bonds. The molecular weight excluding hydrogens is 606 g/mol. The number of benzene rings is 2. The van der Waals surface area contributed by atoms with E-state index in [1.807, 2.05) is 6.07 Å². The molecule has 2 saturated heterocycles. The Labute approximate surface area is 272 Å². The molecule has 2 heterocycles. The Kier molecular flexibility index (Phi) is 11.2. The van der Waals surface area contributed by atoms with E-state index in [1.165, 1.54) is 43.0 Å². The summed E-state index contributed by atoms with van der Waals surface area (Å²) < 4.78 is 0. The van der Waals surface area contributed by atoms with Crippen molar-refractivity contribution in [2.45, 2.75) is 69.6 Å². The van der Waals surface area contributed by atoms with Gasteiger partial charge in [0.05, 0.1) is 12.6 Å². The molecule has 2 aliphatic heterocycles. The van der Waals surface area contributed by atoms with Gasteiger partial charge in [-0.25, -0.2) is 0 Å². The zero-order valence-electron chi connectivity index (χ0n) is 26.3. The number of carbonyl (C=O) groups excluding carboxylic acids is 7. The first-order chi connectivity index (χ1) is 22.4. The highest BCUT2D eigenvalue weighted by molar-refractivity contribution is 6.15. The van der Waals surface area contributed by atoms with Crippen LogP contribution in [0.1, 0.15) is 50.7 Å². The van der Waals surface area contributed by atoms with Gasteiger partial charge < -0.3 is 31.3 Å². The fourth-order valence-corrected chi connectivity index (χ4v) is 5.50. The molecule has 0 saturated carbocycles. The van der Waals surface area contributed by atoms with Crippen LogP contribution in [0.15, 0.2) is 60.7 Å². The second-order valence-electron chi connectivity index (χ2n) is 11.8. The van der Waals surface area contributed by atoms with Crippen LogP contribution in [0.4, 0.5) is 0 Å². The summed E-state index contributed by atoms with van der Waals surface area (Å²) in [6.07, 6.45) is 3.67. The highest BCUT2D eigenvalue weighted by atomic mass is 16.3. The van der Waals surface area contributed by atoms with Crippen molar-refractivity contribution in [3.8, 4) is 5.75 Å². The van der Waals surface area contributed by atoms with Gasteiger partial charge in [0.25, 0.3) is 5.91 Å². The number of carbonyl (C=O) groups is 7. The minimum atomic E-state index is -1.80. The Hall–Kier alpha value is -5.33. The number of nitrogens with one attached hydrogen (secondary N) is 4. The number of rotatable bonds is 12. The van der Waals surface area contributed by atoms with Crippen molar-refractivity contribution in [2.24, 2.45) is 0 Å². The molecule has 0 aromatic heterocycles. The van der Waals surface area contributed by atoms with E-state index >= 15 is 0 Å². The van der Waals surface area contributed by atoms with E-state index in [-0.39, 0.29) is 38.1 Å². The van der Waals surface area contributed by atoms with Crippen LogP contribution in [0.5, 0.6) is 5.75 Å². The maximum atomic E-state index is 13.6. The van der Waals surface area contributed by atoms with Crippen molar-refractivity contribution in [3.05, 3.63) is 71.8 Å². The molecule has 13 heteroatoms. The Morgan fingerprint density at radius 2 is 1.72 bits per heavy atom. The lowest BCUT2D eigenvalue weighted by Gasteiger charge is -2.33. The highest BCUT2D eigenvalue weighted by Crippen LogP contribution is 2.21. The normalized spacial score (nSPS) is 20.6. The molecule has 0 radical (unpaired) electrons. The minimum absolute atomic E-state index is 0.0149. The summed E-state index contributed by atoms with van der Waals surface area (Å²) in [5.74, 6) is -3.70. The van der Waals surface area contributed by atoms with E-state index in [4.69, 9.17) is 0 Å². The van der Waals surface area contributed by atoms with E-state index in [9.17, 15) is 38.7 Å². The average molecular weight is 646 g/mol. The Balaban J connectivity index is 1.39. The summed E-state index contributed by atoms with van der Waals surface area (Å²) in [7, 11) is 0. The smallest absolute Gasteiger partial charge is 0.253 e. The fraction of sp³-hybridized carbons (Fsp3) is 0.382. The third-order valence-electron chi connectivity index (χ3n) is 8.28. The van der Waals surface area contributed by atoms with Crippen LogP contribution >= 0.6 is 0 Å². The first-order valence-corrected chi connectivity index (χ1v) is 15.4. The minimum Gasteiger partial charge on any atom is -0.508 e. The molecule has 2 aromatic carbocycles. The molecule has 0 aliphatic carbocycles. The molecule has 2 fully saturated rings. The van der Waals surface area contributed by atoms with Gasteiger partial charge in [-0.2, -0.15) is 0 Å². The molecule has 5 N–H and O–H groups in total. The Morgan fingerprint density at radius 1 is 1.02 bits per heavy atom. The van der Waals surface area contributed by atoms with Gasteiger partial charge >= 0.3 is 0 Å². The van der Waals surface area contributed by atoms with Gasteiger partial charge in [-0.15, -0.1) is 0 Å². The number of phenols is 1. The third-order valence-corrected chi connectivity index (χ3v) is 8.28. The molecule has 4 rings (SSSR count). The zero-order chi connectivity index (χ0) is 34.1. The molecule has 2 aliphatic rings. The lowest BCUT2D eigenvalue weighted by molar-refractivity contribution is -0.147. The summed E-state index contributed by atoms with van der Waals surface area (Å²) in [6, 6.07) is 12.2. The second-order valence-corrected chi connectivity index (χ2v) is 11.8. The summed E-state index contributed by atoms with van der Waals surface area (Å²) in [4.78, 5) is 91.3. The van der Waals surface area contributed by atoms with Gasteiger partial charge in [0.15, 0.2) is 17.1 Å². The van der Waals surface area contributed by atoms with Gasteiger partial charge in [0, 0.05) is 25.5 Å². The SMILES string of the molecule is C[C@H](NC(=O)[C@]1(C)NC(=O)CCC1=O)C(=O)N1CCC[C@H]1C(=O)N[C@@H](Cc1ccccc1)C(=O)CNC(=O)C=Cc1ccc(O)cc1. The number of hydrogen-bond acceptors (Lipinski definition) is 8. The summed E-state index contributed by atoms with van der Waals surface area (Å²) >= 11 is 0. The number of phenolic OH excluding ortho intramolecular Hbond substituents is 1. The van der Waals surface area contributed by atoms with E-state index < -0.39 is 64.8 Å². The number of amides is 5. The topological polar surface area (TPSA) is 191 Å². The highest BCUT2D eigenvalue weighted by Gasteiger charge is 2.46. The van der Waals surface area contributed by atoms with E-state index in [1.54, 1.807) is 36.4 Å². The molecule has 47 heavy (non-hydrogen) atoms. The predicted octanol–water partition coefficient (Wildman–Crippen LogP) is 0.552. The first-order valence-electron chi connectivity index (χ1n) is 15.4. The molecular formula is C34H39N5O8.